The second-order valence-electron chi connectivity index (χ2n) is 5.69. The van der Waals surface area contributed by atoms with E-state index in [2.05, 4.69) is 10.6 Å². The number of rotatable bonds is 5. The molecule has 4 rings (SSSR count). The maximum atomic E-state index is 12.1. The lowest BCUT2D eigenvalue weighted by Gasteiger charge is -2.08. The van der Waals surface area contributed by atoms with E-state index in [9.17, 15) is 9.59 Å². The summed E-state index contributed by atoms with van der Waals surface area (Å²) in [7, 11) is 0. The Hall–Kier alpha value is -3.42. The molecule has 2 heterocycles. The quantitative estimate of drug-likeness (QED) is 0.850. The number of carbonyl (C=O) groups is 2. The molecular formula is C18H16N2O6. The van der Waals surface area contributed by atoms with Crippen LogP contribution in [0.15, 0.2) is 36.4 Å². The number of benzene rings is 2. The van der Waals surface area contributed by atoms with Crippen molar-refractivity contribution in [2.24, 2.45) is 0 Å². The van der Waals surface area contributed by atoms with Crippen LogP contribution in [0.1, 0.15) is 16.8 Å². The topological polar surface area (TPSA) is 95.1 Å². The van der Waals surface area contributed by atoms with Crippen LogP contribution in [-0.2, 0) is 4.79 Å². The van der Waals surface area contributed by atoms with Gasteiger partial charge in [0.15, 0.2) is 23.0 Å². The van der Waals surface area contributed by atoms with E-state index < -0.39 is 0 Å². The van der Waals surface area contributed by atoms with Crippen LogP contribution in [0.2, 0.25) is 0 Å². The van der Waals surface area contributed by atoms with E-state index in [-0.39, 0.29) is 38.4 Å². The van der Waals surface area contributed by atoms with Gasteiger partial charge in [-0.1, -0.05) is 0 Å². The second-order valence-corrected chi connectivity index (χ2v) is 5.69. The van der Waals surface area contributed by atoms with Gasteiger partial charge < -0.3 is 29.6 Å². The summed E-state index contributed by atoms with van der Waals surface area (Å²) >= 11 is 0. The Morgan fingerprint density at radius 3 is 2.27 bits per heavy atom. The van der Waals surface area contributed by atoms with E-state index in [4.69, 9.17) is 18.9 Å². The molecule has 0 bridgehead atoms. The molecule has 0 aromatic heterocycles. The monoisotopic (exact) mass is 356 g/mol. The maximum absolute atomic E-state index is 12.1. The fourth-order valence-electron chi connectivity index (χ4n) is 2.63. The van der Waals surface area contributed by atoms with Crippen LogP contribution < -0.4 is 29.6 Å². The Morgan fingerprint density at radius 2 is 1.50 bits per heavy atom. The number of anilines is 1. The van der Waals surface area contributed by atoms with E-state index in [0.29, 0.717) is 34.2 Å². The zero-order chi connectivity index (χ0) is 17.9. The third-order valence-electron chi connectivity index (χ3n) is 3.93. The van der Waals surface area contributed by atoms with E-state index >= 15 is 0 Å². The van der Waals surface area contributed by atoms with Gasteiger partial charge in [-0.25, -0.2) is 0 Å². The molecule has 8 heteroatoms. The van der Waals surface area contributed by atoms with Crippen molar-refractivity contribution in [3.8, 4) is 23.0 Å². The highest BCUT2D eigenvalue weighted by atomic mass is 16.7. The number of hydrogen-bond donors (Lipinski definition) is 2. The number of nitrogens with one attached hydrogen (secondary N) is 2. The molecule has 0 saturated carbocycles. The zero-order valence-electron chi connectivity index (χ0n) is 13.7. The lowest BCUT2D eigenvalue weighted by atomic mass is 10.2. The van der Waals surface area contributed by atoms with Crippen molar-refractivity contribution in [3.63, 3.8) is 0 Å². The van der Waals surface area contributed by atoms with Gasteiger partial charge in [0.05, 0.1) is 0 Å². The Bertz CT molecular complexity index is 867. The van der Waals surface area contributed by atoms with Crippen LogP contribution in [0, 0.1) is 0 Å². The Morgan fingerprint density at radius 1 is 0.846 bits per heavy atom. The SMILES string of the molecule is O=C(CCNC(=O)c1ccc2c(c1)OCO2)Nc1ccc2c(c1)OCO2. The van der Waals surface area contributed by atoms with Gasteiger partial charge in [0, 0.05) is 30.3 Å². The summed E-state index contributed by atoms with van der Waals surface area (Å²) < 4.78 is 20.9. The lowest BCUT2D eigenvalue weighted by molar-refractivity contribution is -0.116. The van der Waals surface area contributed by atoms with Crippen molar-refractivity contribution in [2.75, 3.05) is 25.4 Å². The predicted octanol–water partition coefficient (Wildman–Crippen LogP) is 1.90. The van der Waals surface area contributed by atoms with Gasteiger partial charge in [-0.3, -0.25) is 9.59 Å². The summed E-state index contributed by atoms with van der Waals surface area (Å²) in [6, 6.07) is 10.1. The van der Waals surface area contributed by atoms with Crippen LogP contribution >= 0.6 is 0 Å². The third kappa shape index (κ3) is 3.34. The molecule has 0 atom stereocenters. The van der Waals surface area contributed by atoms with Gasteiger partial charge in [0.25, 0.3) is 5.91 Å². The molecule has 2 aliphatic rings. The Labute approximate surface area is 149 Å². The maximum Gasteiger partial charge on any atom is 0.251 e. The summed E-state index contributed by atoms with van der Waals surface area (Å²) in [4.78, 5) is 24.2. The highest BCUT2D eigenvalue weighted by Gasteiger charge is 2.17. The van der Waals surface area contributed by atoms with Crippen LogP contribution in [0.3, 0.4) is 0 Å². The van der Waals surface area contributed by atoms with Crippen molar-refractivity contribution >= 4 is 17.5 Å². The molecule has 26 heavy (non-hydrogen) atoms. The highest BCUT2D eigenvalue weighted by Crippen LogP contribution is 2.34. The first-order valence-electron chi connectivity index (χ1n) is 8.06. The molecule has 2 aromatic rings. The smallest absolute Gasteiger partial charge is 0.251 e. The van der Waals surface area contributed by atoms with Crippen LogP contribution in [0.25, 0.3) is 0 Å². The van der Waals surface area contributed by atoms with Gasteiger partial charge in [-0.05, 0) is 30.3 Å². The summed E-state index contributed by atoms with van der Waals surface area (Å²) in [6.45, 7) is 0.544. The molecule has 2 aliphatic heterocycles. The number of hydrogen-bond acceptors (Lipinski definition) is 6. The molecule has 0 spiro atoms. The minimum absolute atomic E-state index is 0.144. The van der Waals surface area contributed by atoms with Crippen molar-refractivity contribution in [1.82, 2.24) is 5.32 Å². The number of carbonyl (C=O) groups excluding carboxylic acids is 2. The van der Waals surface area contributed by atoms with Crippen LogP contribution in [-0.4, -0.2) is 31.9 Å². The summed E-state index contributed by atoms with van der Waals surface area (Å²) in [5.74, 6) is 1.91. The highest BCUT2D eigenvalue weighted by molar-refractivity contribution is 5.96. The first kappa shape index (κ1) is 16.1. The summed E-state index contributed by atoms with van der Waals surface area (Å²) in [5.41, 5.74) is 1.06. The number of amides is 2. The first-order valence-corrected chi connectivity index (χ1v) is 8.06. The average molecular weight is 356 g/mol. The first-order chi connectivity index (χ1) is 12.7. The molecule has 8 nitrogen and oxygen atoms in total. The molecule has 2 amide bonds. The Kier molecular flexibility index (Phi) is 4.22. The molecule has 0 radical (unpaired) electrons. The fraction of sp³-hybridized carbons (Fsp3) is 0.222. The van der Waals surface area contributed by atoms with Crippen molar-refractivity contribution in [3.05, 3.63) is 42.0 Å². The molecule has 0 unspecified atom stereocenters. The summed E-state index contributed by atoms with van der Waals surface area (Å²) in [6.07, 6.45) is 0.144. The molecular weight excluding hydrogens is 340 g/mol. The van der Waals surface area contributed by atoms with E-state index in [1.165, 1.54) is 0 Å². The third-order valence-corrected chi connectivity index (χ3v) is 3.93. The van der Waals surface area contributed by atoms with Crippen molar-refractivity contribution in [1.29, 1.82) is 0 Å². The minimum Gasteiger partial charge on any atom is -0.454 e. The van der Waals surface area contributed by atoms with Crippen molar-refractivity contribution < 1.29 is 28.5 Å². The largest absolute Gasteiger partial charge is 0.454 e. The lowest BCUT2D eigenvalue weighted by Crippen LogP contribution is -2.27. The van der Waals surface area contributed by atoms with E-state index in [1.54, 1.807) is 36.4 Å². The van der Waals surface area contributed by atoms with E-state index in [1.807, 2.05) is 0 Å². The normalized spacial score (nSPS) is 13.4. The molecule has 2 N–H and O–H groups in total. The fourth-order valence-corrected chi connectivity index (χ4v) is 2.63. The second kappa shape index (κ2) is 6.83. The van der Waals surface area contributed by atoms with Crippen molar-refractivity contribution in [2.45, 2.75) is 6.42 Å². The van der Waals surface area contributed by atoms with Gasteiger partial charge in [0.2, 0.25) is 19.5 Å². The standard InChI is InChI=1S/C18H16N2O6/c21-17(20-12-2-4-14-16(8-12)26-10-24-14)5-6-19-18(22)11-1-3-13-15(7-11)25-9-23-13/h1-4,7-8H,5-6,9-10H2,(H,19,22)(H,20,21). The summed E-state index contributed by atoms with van der Waals surface area (Å²) in [5, 5.41) is 5.46. The average Bonchev–Trinajstić information content (AvgIpc) is 3.29. The van der Waals surface area contributed by atoms with Gasteiger partial charge in [-0.15, -0.1) is 0 Å². The molecule has 0 fully saturated rings. The van der Waals surface area contributed by atoms with Gasteiger partial charge >= 0.3 is 0 Å². The number of fused-ring (bicyclic) bond motifs is 2. The van der Waals surface area contributed by atoms with E-state index in [0.717, 1.165) is 0 Å². The zero-order valence-corrected chi connectivity index (χ0v) is 13.7. The minimum atomic E-state index is -0.279. The van der Waals surface area contributed by atoms with Crippen LogP contribution in [0.5, 0.6) is 23.0 Å². The molecule has 0 saturated heterocycles. The predicted molar refractivity (Wildman–Crippen MR) is 90.7 cm³/mol. The van der Waals surface area contributed by atoms with Crippen LogP contribution in [0.4, 0.5) is 5.69 Å². The molecule has 2 aromatic carbocycles. The van der Waals surface area contributed by atoms with Gasteiger partial charge in [-0.2, -0.15) is 0 Å². The van der Waals surface area contributed by atoms with Gasteiger partial charge in [0.1, 0.15) is 0 Å². The Balaban J connectivity index is 1.26. The molecule has 134 valence electrons. The number of ether oxygens (including phenoxy) is 4. The molecule has 0 aliphatic carbocycles.